The lowest BCUT2D eigenvalue weighted by Gasteiger charge is -2.32. The van der Waals surface area contributed by atoms with Crippen LogP contribution in [0.2, 0.25) is 0 Å². The van der Waals surface area contributed by atoms with Crippen LogP contribution in [0, 0.1) is 5.82 Å². The summed E-state index contributed by atoms with van der Waals surface area (Å²) >= 11 is 0. The second-order valence-corrected chi connectivity index (χ2v) is 6.92. The van der Waals surface area contributed by atoms with Crippen molar-refractivity contribution in [3.05, 3.63) is 35.1 Å². The molecule has 0 unspecified atom stereocenters. The normalized spacial score (nSPS) is 16.1. The number of hydrogen-bond acceptors (Lipinski definition) is 4. The number of guanidine groups is 1. The fraction of sp³-hybridized carbons (Fsp3) is 0.600. The first-order chi connectivity index (χ1) is 13.5. The highest BCUT2D eigenvalue weighted by atomic mass is 19.1. The highest BCUT2D eigenvalue weighted by Gasteiger charge is 2.21. The van der Waals surface area contributed by atoms with Gasteiger partial charge in [0.25, 0.3) is 0 Å². The van der Waals surface area contributed by atoms with Crippen molar-refractivity contribution in [2.45, 2.75) is 39.0 Å². The van der Waals surface area contributed by atoms with Crippen LogP contribution in [0.3, 0.4) is 0 Å². The van der Waals surface area contributed by atoms with E-state index < -0.39 is 0 Å². The number of likely N-dealkylation sites (tertiary alicyclic amines) is 1. The standard InChI is InChI=1S/C20H32FN5O2/c1-4-23-20(24-12-15-5-6-18(21)16(11-15)14-28-3)25-17-7-9-26(10-8-17)13-19(27)22-2/h5-6,11,17H,4,7-10,12-14H2,1-3H3,(H,22,27)(H2,23,24,25). The summed E-state index contributed by atoms with van der Waals surface area (Å²) in [6.07, 6.45) is 1.91. The summed E-state index contributed by atoms with van der Waals surface area (Å²) < 4.78 is 18.8. The van der Waals surface area contributed by atoms with Gasteiger partial charge in [0.05, 0.1) is 19.7 Å². The zero-order valence-corrected chi connectivity index (χ0v) is 17.1. The Kier molecular flexibility index (Phi) is 9.16. The average Bonchev–Trinajstić information content (AvgIpc) is 2.70. The maximum absolute atomic E-state index is 13.7. The molecule has 0 spiro atoms. The lowest BCUT2D eigenvalue weighted by Crippen LogP contribution is -2.50. The molecule has 0 aliphatic carbocycles. The van der Waals surface area contributed by atoms with Crippen LogP contribution in [0.1, 0.15) is 30.9 Å². The average molecular weight is 394 g/mol. The van der Waals surface area contributed by atoms with E-state index >= 15 is 0 Å². The van der Waals surface area contributed by atoms with Crippen LogP contribution in [0.4, 0.5) is 4.39 Å². The van der Waals surface area contributed by atoms with Gasteiger partial charge in [-0.05, 0) is 37.5 Å². The third-order valence-corrected chi connectivity index (χ3v) is 4.75. The second kappa shape index (κ2) is 11.6. The SMILES string of the molecule is CCNC(=NCc1ccc(F)c(COC)c1)NC1CCN(CC(=O)NC)CC1. The number of ether oxygens (including phenoxy) is 1. The summed E-state index contributed by atoms with van der Waals surface area (Å²) in [6, 6.07) is 5.32. The van der Waals surface area contributed by atoms with Gasteiger partial charge in [-0.3, -0.25) is 9.69 Å². The molecule has 7 nitrogen and oxygen atoms in total. The molecule has 1 amide bonds. The fourth-order valence-electron chi connectivity index (χ4n) is 3.19. The molecular weight excluding hydrogens is 361 g/mol. The lowest BCUT2D eigenvalue weighted by atomic mass is 10.1. The Balaban J connectivity index is 1.91. The number of carbonyl (C=O) groups excluding carboxylic acids is 1. The summed E-state index contributed by atoms with van der Waals surface area (Å²) in [7, 11) is 3.21. The van der Waals surface area contributed by atoms with Crippen molar-refractivity contribution >= 4 is 11.9 Å². The molecule has 0 aromatic heterocycles. The molecule has 0 radical (unpaired) electrons. The highest BCUT2D eigenvalue weighted by molar-refractivity contribution is 5.80. The summed E-state index contributed by atoms with van der Waals surface area (Å²) in [5, 5.41) is 9.41. The second-order valence-electron chi connectivity index (χ2n) is 6.92. The summed E-state index contributed by atoms with van der Waals surface area (Å²) in [6.45, 7) is 5.70. The van der Waals surface area contributed by atoms with Crippen molar-refractivity contribution in [1.29, 1.82) is 0 Å². The number of hydrogen-bond donors (Lipinski definition) is 3. The lowest BCUT2D eigenvalue weighted by molar-refractivity contribution is -0.122. The van der Waals surface area contributed by atoms with E-state index in [9.17, 15) is 9.18 Å². The number of halogens is 1. The molecule has 1 heterocycles. The van der Waals surface area contributed by atoms with Gasteiger partial charge in [-0.25, -0.2) is 9.38 Å². The molecule has 1 aliphatic heterocycles. The molecule has 3 N–H and O–H groups in total. The van der Waals surface area contributed by atoms with Gasteiger partial charge in [0.15, 0.2) is 5.96 Å². The highest BCUT2D eigenvalue weighted by Crippen LogP contribution is 2.13. The number of carbonyl (C=O) groups is 1. The number of amides is 1. The molecule has 2 rings (SSSR count). The van der Waals surface area contributed by atoms with E-state index in [0.717, 1.165) is 44.0 Å². The van der Waals surface area contributed by atoms with Gasteiger partial charge in [-0.1, -0.05) is 6.07 Å². The maximum atomic E-state index is 13.7. The molecule has 0 bridgehead atoms. The van der Waals surface area contributed by atoms with Gasteiger partial charge in [0, 0.05) is 45.4 Å². The Bertz CT molecular complexity index is 660. The molecular formula is C20H32FN5O2. The third-order valence-electron chi connectivity index (χ3n) is 4.75. The molecule has 1 fully saturated rings. The molecule has 1 aromatic carbocycles. The quantitative estimate of drug-likeness (QED) is 0.458. The van der Waals surface area contributed by atoms with Crippen molar-refractivity contribution in [1.82, 2.24) is 20.9 Å². The number of nitrogens with zero attached hydrogens (tertiary/aromatic N) is 2. The number of piperidine rings is 1. The van der Waals surface area contributed by atoms with Gasteiger partial charge in [0.1, 0.15) is 5.82 Å². The Hall–Kier alpha value is -2.19. The van der Waals surface area contributed by atoms with E-state index in [4.69, 9.17) is 4.74 Å². The van der Waals surface area contributed by atoms with Crippen molar-refractivity contribution in [3.8, 4) is 0 Å². The maximum Gasteiger partial charge on any atom is 0.233 e. The third kappa shape index (κ3) is 7.09. The zero-order valence-electron chi connectivity index (χ0n) is 17.1. The van der Waals surface area contributed by atoms with Crippen molar-refractivity contribution in [2.24, 2.45) is 4.99 Å². The van der Waals surface area contributed by atoms with E-state index in [1.165, 1.54) is 6.07 Å². The van der Waals surface area contributed by atoms with E-state index in [-0.39, 0.29) is 18.3 Å². The first-order valence-electron chi connectivity index (χ1n) is 9.79. The molecule has 1 saturated heterocycles. The minimum absolute atomic E-state index is 0.0495. The van der Waals surface area contributed by atoms with Crippen molar-refractivity contribution < 1.29 is 13.9 Å². The van der Waals surface area contributed by atoms with E-state index in [0.29, 0.717) is 24.7 Å². The van der Waals surface area contributed by atoms with Gasteiger partial charge < -0.3 is 20.7 Å². The number of benzene rings is 1. The van der Waals surface area contributed by atoms with E-state index in [1.807, 2.05) is 6.92 Å². The molecule has 0 atom stereocenters. The summed E-state index contributed by atoms with van der Waals surface area (Å²) in [5.41, 5.74) is 1.47. The minimum Gasteiger partial charge on any atom is -0.380 e. The van der Waals surface area contributed by atoms with Crippen LogP contribution in [0.15, 0.2) is 23.2 Å². The first-order valence-corrected chi connectivity index (χ1v) is 9.79. The Labute approximate surface area is 166 Å². The first kappa shape index (κ1) is 22.1. The van der Waals surface area contributed by atoms with Crippen molar-refractivity contribution in [2.75, 3.05) is 40.3 Å². The van der Waals surface area contributed by atoms with Crippen LogP contribution in [0.25, 0.3) is 0 Å². The van der Waals surface area contributed by atoms with Crippen LogP contribution < -0.4 is 16.0 Å². The van der Waals surface area contributed by atoms with E-state index in [2.05, 4.69) is 25.8 Å². The smallest absolute Gasteiger partial charge is 0.233 e. The number of likely N-dealkylation sites (N-methyl/N-ethyl adjacent to an activating group) is 1. The van der Waals surface area contributed by atoms with Crippen LogP contribution >= 0.6 is 0 Å². The molecule has 1 aliphatic rings. The predicted octanol–water partition coefficient (Wildman–Crippen LogP) is 1.24. The monoisotopic (exact) mass is 393 g/mol. The van der Waals surface area contributed by atoms with Gasteiger partial charge >= 0.3 is 0 Å². The number of nitrogens with one attached hydrogen (secondary N) is 3. The molecule has 28 heavy (non-hydrogen) atoms. The Morgan fingerprint density at radius 2 is 2.11 bits per heavy atom. The zero-order chi connectivity index (χ0) is 20.4. The minimum atomic E-state index is -0.261. The number of rotatable bonds is 8. The molecule has 8 heteroatoms. The van der Waals surface area contributed by atoms with Gasteiger partial charge in [-0.2, -0.15) is 0 Å². The molecule has 156 valence electrons. The largest absolute Gasteiger partial charge is 0.380 e. The van der Waals surface area contributed by atoms with Crippen LogP contribution in [0.5, 0.6) is 0 Å². The number of aliphatic imine (C=N–C) groups is 1. The fourth-order valence-corrected chi connectivity index (χ4v) is 3.19. The molecule has 0 saturated carbocycles. The summed E-state index contributed by atoms with van der Waals surface area (Å²) in [5.74, 6) is 0.543. The topological polar surface area (TPSA) is 78.0 Å². The molecule has 1 aromatic rings. The summed E-state index contributed by atoms with van der Waals surface area (Å²) in [4.78, 5) is 18.3. The van der Waals surface area contributed by atoms with Crippen molar-refractivity contribution in [3.63, 3.8) is 0 Å². The van der Waals surface area contributed by atoms with E-state index in [1.54, 1.807) is 26.3 Å². The Morgan fingerprint density at radius 1 is 1.36 bits per heavy atom. The van der Waals surface area contributed by atoms with Gasteiger partial charge in [-0.15, -0.1) is 0 Å². The van der Waals surface area contributed by atoms with Gasteiger partial charge in [0.2, 0.25) is 5.91 Å². The van der Waals surface area contributed by atoms with Crippen LogP contribution in [-0.4, -0.2) is 63.1 Å². The number of methoxy groups -OCH3 is 1. The predicted molar refractivity (Wildman–Crippen MR) is 109 cm³/mol. The Morgan fingerprint density at radius 3 is 2.75 bits per heavy atom. The van der Waals surface area contributed by atoms with Crippen LogP contribution in [-0.2, 0) is 22.7 Å².